The first-order chi connectivity index (χ1) is 8.69. The molecule has 1 amide bonds. The van der Waals surface area contributed by atoms with Crippen molar-refractivity contribution >= 4 is 33.4 Å². The second-order valence-electron chi connectivity index (χ2n) is 6.03. The molecule has 19 heavy (non-hydrogen) atoms. The molecule has 0 aliphatic carbocycles. The van der Waals surface area contributed by atoms with Crippen LogP contribution in [-0.4, -0.2) is 17.8 Å². The number of carbonyl (C=O) groups is 1. The summed E-state index contributed by atoms with van der Waals surface area (Å²) >= 11 is 9.62. The second-order valence-corrected chi connectivity index (χ2v) is 7.56. The number of nitrogens with one attached hydrogen (secondary N) is 1. The first kappa shape index (κ1) is 16.5. The summed E-state index contributed by atoms with van der Waals surface area (Å²) in [5, 5.41) is 2.85. The molecule has 0 saturated carbocycles. The molecule has 106 valence electrons. The molecule has 0 aromatic heterocycles. The Hall–Kier alpha value is -0.540. The first-order valence-electron chi connectivity index (χ1n) is 6.37. The van der Waals surface area contributed by atoms with Gasteiger partial charge in [-0.25, -0.2) is 0 Å². The molecule has 0 saturated heterocycles. The largest absolute Gasteiger partial charge is 0.351 e. The molecule has 1 aromatic rings. The van der Waals surface area contributed by atoms with E-state index in [2.05, 4.69) is 42.0 Å². The Balaban J connectivity index is 2.58. The third kappa shape index (κ3) is 5.96. The Bertz CT molecular complexity index is 454. The minimum Gasteiger partial charge on any atom is -0.351 e. The summed E-state index contributed by atoms with van der Waals surface area (Å²) in [6.45, 7) is 8.84. The molecule has 0 radical (unpaired) electrons. The van der Waals surface area contributed by atoms with Crippen LogP contribution in [0.1, 0.15) is 43.1 Å². The van der Waals surface area contributed by atoms with E-state index in [4.69, 9.17) is 11.6 Å². The number of halogens is 2. The second kappa shape index (κ2) is 6.76. The van der Waals surface area contributed by atoms with Crippen molar-refractivity contribution in [2.45, 2.75) is 39.5 Å². The van der Waals surface area contributed by atoms with E-state index in [0.29, 0.717) is 12.1 Å². The molecule has 0 aliphatic heterocycles. The van der Waals surface area contributed by atoms with E-state index in [-0.39, 0.29) is 16.7 Å². The van der Waals surface area contributed by atoms with Crippen LogP contribution in [0.5, 0.6) is 0 Å². The number of carbonyl (C=O) groups excluding carboxylic acids is 1. The predicted molar refractivity (Wildman–Crippen MR) is 84.9 cm³/mol. The van der Waals surface area contributed by atoms with Gasteiger partial charge >= 0.3 is 0 Å². The van der Waals surface area contributed by atoms with Crippen LogP contribution in [0.4, 0.5) is 0 Å². The van der Waals surface area contributed by atoms with Gasteiger partial charge in [0.1, 0.15) is 0 Å². The van der Waals surface area contributed by atoms with Crippen molar-refractivity contribution in [2.24, 2.45) is 5.41 Å². The zero-order valence-corrected chi connectivity index (χ0v) is 14.2. The van der Waals surface area contributed by atoms with Crippen molar-refractivity contribution in [1.82, 2.24) is 5.32 Å². The Morgan fingerprint density at radius 2 is 2.05 bits per heavy atom. The molecule has 1 aromatic carbocycles. The lowest BCUT2D eigenvalue weighted by atomic mass is 9.90. The van der Waals surface area contributed by atoms with Crippen LogP contribution < -0.4 is 5.32 Å². The van der Waals surface area contributed by atoms with E-state index in [0.717, 1.165) is 16.5 Å². The molecule has 0 fully saturated rings. The van der Waals surface area contributed by atoms with Gasteiger partial charge in [0.2, 0.25) is 0 Å². The van der Waals surface area contributed by atoms with Crippen LogP contribution in [-0.2, 0) is 0 Å². The molecule has 1 N–H and O–H groups in total. The minimum atomic E-state index is -0.0710. The van der Waals surface area contributed by atoms with Crippen molar-refractivity contribution in [3.8, 4) is 0 Å². The molecule has 1 rings (SSSR count). The third-order valence-corrected chi connectivity index (χ3v) is 3.56. The highest BCUT2D eigenvalue weighted by Gasteiger charge is 2.18. The van der Waals surface area contributed by atoms with Crippen molar-refractivity contribution in [3.05, 3.63) is 33.8 Å². The van der Waals surface area contributed by atoms with Gasteiger partial charge in [-0.3, -0.25) is 4.79 Å². The normalized spacial score (nSPS) is 13.2. The van der Waals surface area contributed by atoms with Crippen molar-refractivity contribution < 1.29 is 4.79 Å². The smallest absolute Gasteiger partial charge is 0.251 e. The number of benzene rings is 1. The van der Waals surface area contributed by atoms with Gasteiger partial charge in [0.15, 0.2) is 0 Å². The van der Waals surface area contributed by atoms with Crippen LogP contribution in [0.25, 0.3) is 0 Å². The third-order valence-electron chi connectivity index (χ3n) is 2.76. The summed E-state index contributed by atoms with van der Waals surface area (Å²) in [6, 6.07) is 5.68. The lowest BCUT2D eigenvalue weighted by Crippen LogP contribution is -2.32. The van der Waals surface area contributed by atoms with Crippen molar-refractivity contribution in [3.63, 3.8) is 0 Å². The Morgan fingerprint density at radius 3 is 2.63 bits per heavy atom. The first-order valence-corrected chi connectivity index (χ1v) is 7.60. The van der Waals surface area contributed by atoms with E-state index in [1.165, 1.54) is 0 Å². The highest BCUT2D eigenvalue weighted by molar-refractivity contribution is 9.10. The van der Waals surface area contributed by atoms with E-state index >= 15 is 0 Å². The van der Waals surface area contributed by atoms with Crippen LogP contribution in [0.2, 0.25) is 0 Å². The van der Waals surface area contributed by atoms with Crippen molar-refractivity contribution in [2.75, 3.05) is 6.54 Å². The molecular formula is C15H21BrClNO. The minimum absolute atomic E-state index is 0.0450. The average Bonchev–Trinajstić information content (AvgIpc) is 2.27. The number of rotatable bonds is 4. The van der Waals surface area contributed by atoms with Gasteiger partial charge in [0.05, 0.1) is 5.38 Å². The molecule has 0 heterocycles. The van der Waals surface area contributed by atoms with Crippen molar-refractivity contribution in [1.29, 1.82) is 0 Å². The van der Waals surface area contributed by atoms with E-state index in [1.807, 2.05) is 25.1 Å². The van der Waals surface area contributed by atoms with Crippen LogP contribution in [0, 0.1) is 12.3 Å². The van der Waals surface area contributed by atoms with Gasteiger partial charge in [-0.1, -0.05) is 42.8 Å². The number of hydrogen-bond donors (Lipinski definition) is 1. The van der Waals surface area contributed by atoms with E-state index in [1.54, 1.807) is 0 Å². The van der Waals surface area contributed by atoms with E-state index in [9.17, 15) is 4.79 Å². The molecular weight excluding hydrogens is 326 g/mol. The number of alkyl halides is 1. The molecule has 0 spiro atoms. The van der Waals surface area contributed by atoms with Gasteiger partial charge in [0.25, 0.3) is 5.91 Å². The number of aryl methyl sites for hydroxylation is 1. The highest BCUT2D eigenvalue weighted by atomic mass is 79.9. The van der Waals surface area contributed by atoms with Gasteiger partial charge < -0.3 is 5.32 Å². The molecule has 1 atom stereocenters. The Morgan fingerprint density at radius 1 is 1.42 bits per heavy atom. The Labute approximate surface area is 129 Å². The van der Waals surface area contributed by atoms with Gasteiger partial charge in [-0.05, 0) is 36.5 Å². The number of amides is 1. The standard InChI is InChI=1S/C15H21BrClNO/c1-10-5-6-11(16)7-13(10)14(19)18-9-12(17)8-15(2,3)4/h5-7,12H,8-9H2,1-4H3,(H,18,19). The zero-order valence-electron chi connectivity index (χ0n) is 11.9. The topological polar surface area (TPSA) is 29.1 Å². The summed E-state index contributed by atoms with van der Waals surface area (Å²) in [4.78, 5) is 12.1. The maximum atomic E-state index is 12.1. The predicted octanol–water partition coefficient (Wildman–Crippen LogP) is 4.53. The van der Waals surface area contributed by atoms with Gasteiger partial charge in [-0.2, -0.15) is 0 Å². The summed E-state index contributed by atoms with van der Waals surface area (Å²) in [5.74, 6) is -0.0710. The maximum Gasteiger partial charge on any atom is 0.251 e. The lowest BCUT2D eigenvalue weighted by Gasteiger charge is -2.22. The maximum absolute atomic E-state index is 12.1. The van der Waals surface area contributed by atoms with Gasteiger partial charge in [0, 0.05) is 16.6 Å². The van der Waals surface area contributed by atoms with Crippen LogP contribution in [0.3, 0.4) is 0 Å². The fraction of sp³-hybridized carbons (Fsp3) is 0.533. The summed E-state index contributed by atoms with van der Waals surface area (Å²) in [6.07, 6.45) is 0.867. The lowest BCUT2D eigenvalue weighted by molar-refractivity contribution is 0.0951. The quantitative estimate of drug-likeness (QED) is 0.797. The van der Waals surface area contributed by atoms with Crippen LogP contribution in [0.15, 0.2) is 22.7 Å². The fourth-order valence-electron chi connectivity index (χ4n) is 1.87. The average molecular weight is 347 g/mol. The molecule has 4 heteroatoms. The highest BCUT2D eigenvalue weighted by Crippen LogP contribution is 2.23. The summed E-state index contributed by atoms with van der Waals surface area (Å²) in [7, 11) is 0. The molecule has 1 unspecified atom stereocenters. The zero-order chi connectivity index (χ0) is 14.6. The molecule has 2 nitrogen and oxygen atoms in total. The number of hydrogen-bond acceptors (Lipinski definition) is 1. The summed E-state index contributed by atoms with van der Waals surface area (Å²) in [5.41, 5.74) is 1.82. The Kier molecular flexibility index (Phi) is 5.87. The summed E-state index contributed by atoms with van der Waals surface area (Å²) < 4.78 is 0.903. The van der Waals surface area contributed by atoms with Crippen LogP contribution >= 0.6 is 27.5 Å². The fourth-order valence-corrected chi connectivity index (χ4v) is 2.78. The molecule has 0 aliphatic rings. The monoisotopic (exact) mass is 345 g/mol. The van der Waals surface area contributed by atoms with Gasteiger partial charge in [-0.15, -0.1) is 11.6 Å². The molecule has 0 bridgehead atoms. The SMILES string of the molecule is Cc1ccc(Br)cc1C(=O)NCC(Cl)CC(C)(C)C. The van der Waals surface area contributed by atoms with E-state index < -0.39 is 0 Å².